The Kier molecular flexibility index (Phi) is 24.9. The molecule has 6 N–H and O–H groups in total. The van der Waals surface area contributed by atoms with Gasteiger partial charge in [0.05, 0.1) is 25.4 Å². The molecule has 9 nitrogen and oxygen atoms in total. The van der Waals surface area contributed by atoms with Gasteiger partial charge < -0.3 is 40.1 Å². The highest BCUT2D eigenvalue weighted by Gasteiger charge is 2.43. The van der Waals surface area contributed by atoms with Crippen molar-refractivity contribution in [2.45, 2.75) is 198 Å². The van der Waals surface area contributed by atoms with Crippen LogP contribution in [0.3, 0.4) is 0 Å². The SMILES string of the molecule is C[C@@H](O)C[C@@H](O)CCCCCCCCCCCCCCCCCCCCCC(=O)CCO[C@H]1OC(CO)[C@@H](O)C(O)C1O. The second-order valence-electron chi connectivity index (χ2n) is 12.9. The molecule has 1 fully saturated rings. The Balaban J connectivity index is 1.79. The van der Waals surface area contributed by atoms with Crippen LogP contribution in [0.1, 0.15) is 155 Å². The summed E-state index contributed by atoms with van der Waals surface area (Å²) in [5, 5.41) is 57.8. The average molecular weight is 619 g/mol. The van der Waals surface area contributed by atoms with Crippen molar-refractivity contribution in [1.29, 1.82) is 0 Å². The van der Waals surface area contributed by atoms with Crippen LogP contribution < -0.4 is 0 Å². The van der Waals surface area contributed by atoms with Crippen LogP contribution in [0.15, 0.2) is 0 Å². The highest BCUT2D eigenvalue weighted by atomic mass is 16.7. The van der Waals surface area contributed by atoms with Gasteiger partial charge in [0, 0.05) is 12.8 Å². The van der Waals surface area contributed by atoms with Gasteiger partial charge in [-0.3, -0.25) is 4.79 Å². The lowest BCUT2D eigenvalue weighted by Gasteiger charge is -2.39. The van der Waals surface area contributed by atoms with Gasteiger partial charge in [-0.05, 0) is 26.2 Å². The van der Waals surface area contributed by atoms with Crippen LogP contribution in [0.4, 0.5) is 0 Å². The molecule has 0 radical (unpaired) electrons. The van der Waals surface area contributed by atoms with Crippen molar-refractivity contribution < 1.29 is 44.9 Å². The maximum Gasteiger partial charge on any atom is 0.186 e. The van der Waals surface area contributed by atoms with E-state index >= 15 is 0 Å². The minimum Gasteiger partial charge on any atom is -0.394 e. The first-order chi connectivity index (χ1) is 20.8. The molecule has 0 aromatic heterocycles. The number of Topliss-reactive ketones (excluding diaryl/α,β-unsaturated/α-hetero) is 1. The smallest absolute Gasteiger partial charge is 0.186 e. The number of hydrogen-bond donors (Lipinski definition) is 6. The molecule has 0 amide bonds. The van der Waals surface area contributed by atoms with Gasteiger partial charge in [0.2, 0.25) is 0 Å². The molecule has 0 aliphatic carbocycles. The number of ether oxygens (including phenoxy) is 2. The lowest BCUT2D eigenvalue weighted by Crippen LogP contribution is -2.59. The summed E-state index contributed by atoms with van der Waals surface area (Å²) in [4.78, 5) is 12.1. The molecule has 0 spiro atoms. The molecule has 0 aromatic carbocycles. The maximum atomic E-state index is 12.1. The quantitative estimate of drug-likeness (QED) is 0.0629. The molecule has 0 bridgehead atoms. The van der Waals surface area contributed by atoms with E-state index in [1.165, 1.54) is 96.3 Å². The first kappa shape index (κ1) is 40.4. The molecule has 7 atom stereocenters. The molecule has 1 aliphatic rings. The number of aliphatic hydroxyl groups excluding tert-OH is 6. The van der Waals surface area contributed by atoms with E-state index in [0.717, 1.165) is 32.1 Å². The minimum absolute atomic E-state index is 0.0584. The van der Waals surface area contributed by atoms with Crippen LogP contribution in [-0.2, 0) is 14.3 Å². The molecule has 43 heavy (non-hydrogen) atoms. The summed E-state index contributed by atoms with van der Waals surface area (Å²) in [6.45, 7) is 1.28. The van der Waals surface area contributed by atoms with Gasteiger partial charge in [0.25, 0.3) is 0 Å². The summed E-state index contributed by atoms with van der Waals surface area (Å²) in [6.07, 6.45) is 18.6. The number of carbonyl (C=O) groups excluding carboxylic acids is 1. The topological polar surface area (TPSA) is 157 Å². The van der Waals surface area contributed by atoms with Crippen molar-refractivity contribution in [1.82, 2.24) is 0 Å². The minimum atomic E-state index is -1.47. The third-order valence-electron chi connectivity index (χ3n) is 8.62. The lowest BCUT2D eigenvalue weighted by atomic mass is 9.99. The average Bonchev–Trinajstić information content (AvgIpc) is 2.97. The fourth-order valence-corrected chi connectivity index (χ4v) is 5.84. The Labute approximate surface area is 261 Å². The van der Waals surface area contributed by atoms with Gasteiger partial charge >= 0.3 is 0 Å². The van der Waals surface area contributed by atoms with E-state index in [2.05, 4.69) is 0 Å². The fraction of sp³-hybridized carbons (Fsp3) is 0.971. The monoisotopic (exact) mass is 618 g/mol. The predicted molar refractivity (Wildman–Crippen MR) is 169 cm³/mol. The number of unbranched alkanes of at least 4 members (excludes halogenated alkanes) is 18. The summed E-state index contributed by atoms with van der Waals surface area (Å²) in [7, 11) is 0. The molecule has 1 rings (SSSR count). The highest BCUT2D eigenvalue weighted by molar-refractivity contribution is 5.78. The summed E-state index contributed by atoms with van der Waals surface area (Å²) in [5.41, 5.74) is 0. The molecule has 9 heteroatoms. The van der Waals surface area contributed by atoms with E-state index in [0.29, 0.717) is 12.8 Å². The molecule has 0 aromatic rings. The van der Waals surface area contributed by atoms with Gasteiger partial charge in [-0.25, -0.2) is 0 Å². The predicted octanol–water partition coefficient (Wildman–Crippen LogP) is 5.09. The number of rotatable bonds is 29. The third-order valence-corrected chi connectivity index (χ3v) is 8.62. The van der Waals surface area contributed by atoms with Crippen molar-refractivity contribution in [2.24, 2.45) is 0 Å². The Morgan fingerprint density at radius 1 is 0.651 bits per heavy atom. The summed E-state index contributed by atoms with van der Waals surface area (Å²) >= 11 is 0. The Morgan fingerprint density at radius 2 is 1.09 bits per heavy atom. The summed E-state index contributed by atoms with van der Waals surface area (Å²) in [6, 6.07) is 0. The second-order valence-corrected chi connectivity index (χ2v) is 12.9. The largest absolute Gasteiger partial charge is 0.394 e. The van der Waals surface area contributed by atoms with Gasteiger partial charge in [-0.2, -0.15) is 0 Å². The first-order valence-electron chi connectivity index (χ1n) is 17.6. The molecule has 256 valence electrons. The molecule has 3 unspecified atom stereocenters. The van der Waals surface area contributed by atoms with Crippen molar-refractivity contribution in [3.05, 3.63) is 0 Å². The zero-order valence-corrected chi connectivity index (χ0v) is 27.1. The Hall–Kier alpha value is -0.650. The Morgan fingerprint density at radius 3 is 1.53 bits per heavy atom. The van der Waals surface area contributed by atoms with Crippen molar-refractivity contribution in [3.8, 4) is 0 Å². The molecule has 0 saturated carbocycles. The van der Waals surface area contributed by atoms with Crippen LogP contribution in [0.25, 0.3) is 0 Å². The zero-order chi connectivity index (χ0) is 31.7. The van der Waals surface area contributed by atoms with Gasteiger partial charge in [-0.1, -0.05) is 116 Å². The zero-order valence-electron chi connectivity index (χ0n) is 27.1. The highest BCUT2D eigenvalue weighted by Crippen LogP contribution is 2.22. The number of aliphatic hydroxyl groups is 6. The van der Waals surface area contributed by atoms with Crippen LogP contribution in [0.5, 0.6) is 0 Å². The summed E-state index contributed by atoms with van der Waals surface area (Å²) < 4.78 is 10.7. The van der Waals surface area contributed by atoms with E-state index < -0.39 is 43.4 Å². The summed E-state index contributed by atoms with van der Waals surface area (Å²) in [5.74, 6) is 0.0960. The maximum absolute atomic E-state index is 12.1. The standard InChI is InChI=1S/C34H66O9/c1-27(36)25-29(38)22-20-18-16-14-12-10-8-6-4-2-3-5-7-9-11-13-15-17-19-21-28(37)23-24-42-34-33(41)32(40)31(39)30(26-35)43-34/h27,29-36,38-41H,2-26H2,1H3/t27-,29+,30?,31-,32?,33?,34+/m1/s1. The number of ketones is 1. The lowest BCUT2D eigenvalue weighted by molar-refractivity contribution is -0.300. The van der Waals surface area contributed by atoms with E-state index in [9.17, 15) is 35.4 Å². The van der Waals surface area contributed by atoms with E-state index in [-0.39, 0.29) is 24.9 Å². The van der Waals surface area contributed by atoms with E-state index in [1.54, 1.807) is 6.92 Å². The second kappa shape index (κ2) is 26.6. The molecular weight excluding hydrogens is 552 g/mol. The molecule has 1 heterocycles. The van der Waals surface area contributed by atoms with Crippen LogP contribution in [-0.4, -0.2) is 92.5 Å². The van der Waals surface area contributed by atoms with E-state index in [1.807, 2.05) is 0 Å². The number of carbonyl (C=O) groups is 1. The van der Waals surface area contributed by atoms with Crippen molar-refractivity contribution >= 4 is 5.78 Å². The van der Waals surface area contributed by atoms with Gasteiger partial charge in [0.1, 0.15) is 30.2 Å². The molecule has 1 saturated heterocycles. The van der Waals surface area contributed by atoms with Gasteiger partial charge in [0.15, 0.2) is 6.29 Å². The van der Waals surface area contributed by atoms with Crippen LogP contribution in [0.2, 0.25) is 0 Å². The first-order valence-corrected chi connectivity index (χ1v) is 17.6. The van der Waals surface area contributed by atoms with Crippen LogP contribution in [0, 0.1) is 0 Å². The third kappa shape index (κ3) is 20.9. The van der Waals surface area contributed by atoms with Gasteiger partial charge in [-0.15, -0.1) is 0 Å². The Bertz CT molecular complexity index is 645. The number of hydrogen-bond acceptors (Lipinski definition) is 9. The molecular formula is C34H66O9. The van der Waals surface area contributed by atoms with Crippen molar-refractivity contribution in [2.75, 3.05) is 13.2 Å². The van der Waals surface area contributed by atoms with E-state index in [4.69, 9.17) is 9.47 Å². The van der Waals surface area contributed by atoms with Crippen molar-refractivity contribution in [3.63, 3.8) is 0 Å². The fourth-order valence-electron chi connectivity index (χ4n) is 5.84. The van der Waals surface area contributed by atoms with Crippen LogP contribution >= 0.6 is 0 Å². The normalized spacial score (nSPS) is 23.8. The molecule has 1 aliphatic heterocycles.